The maximum atomic E-state index is 12.6. The molecule has 0 saturated heterocycles. The average Bonchev–Trinajstić information content (AvgIpc) is 2.41. The third kappa shape index (κ3) is 2.53. The van der Waals surface area contributed by atoms with E-state index in [0.717, 1.165) is 24.8 Å². The highest BCUT2D eigenvalue weighted by Gasteiger charge is 2.26. The van der Waals surface area contributed by atoms with E-state index in [9.17, 15) is 4.79 Å². The lowest BCUT2D eigenvalue weighted by atomic mass is 9.79. The van der Waals surface area contributed by atoms with E-state index in [0.29, 0.717) is 5.78 Å². The van der Waals surface area contributed by atoms with Crippen LogP contribution in [-0.4, -0.2) is 5.78 Å². The standard InChI is InChI=1S/C19H20O/c1-13-9-14(2)11-15(10-13)12-17-8-7-16-5-3-4-6-18(16)19(17)20/h3-6,9-11,17H,7-8,12H2,1-2H3. The van der Waals surface area contributed by atoms with E-state index in [-0.39, 0.29) is 5.92 Å². The van der Waals surface area contributed by atoms with Crippen molar-refractivity contribution in [3.05, 3.63) is 70.3 Å². The summed E-state index contributed by atoms with van der Waals surface area (Å²) in [5.41, 5.74) is 6.01. The van der Waals surface area contributed by atoms with Crippen LogP contribution in [0.25, 0.3) is 0 Å². The monoisotopic (exact) mass is 264 g/mol. The molecule has 1 aliphatic carbocycles. The third-order valence-corrected chi connectivity index (χ3v) is 4.18. The molecule has 2 aromatic rings. The minimum absolute atomic E-state index is 0.145. The molecule has 0 aliphatic heterocycles. The maximum Gasteiger partial charge on any atom is 0.166 e. The summed E-state index contributed by atoms with van der Waals surface area (Å²) in [5, 5.41) is 0. The number of benzene rings is 2. The number of fused-ring (bicyclic) bond motifs is 1. The lowest BCUT2D eigenvalue weighted by molar-refractivity contribution is 0.0901. The molecule has 0 heterocycles. The van der Waals surface area contributed by atoms with Crippen LogP contribution in [0.3, 0.4) is 0 Å². The van der Waals surface area contributed by atoms with Gasteiger partial charge in [-0.3, -0.25) is 4.79 Å². The smallest absolute Gasteiger partial charge is 0.166 e. The Morgan fingerprint density at radius 3 is 2.50 bits per heavy atom. The summed E-state index contributed by atoms with van der Waals surface area (Å²) in [6.45, 7) is 4.24. The van der Waals surface area contributed by atoms with Crippen molar-refractivity contribution in [1.82, 2.24) is 0 Å². The Labute approximate surface area is 120 Å². The minimum atomic E-state index is 0.145. The Bertz CT molecular complexity index is 634. The van der Waals surface area contributed by atoms with Crippen LogP contribution >= 0.6 is 0 Å². The summed E-state index contributed by atoms with van der Waals surface area (Å²) < 4.78 is 0. The average molecular weight is 264 g/mol. The lowest BCUT2D eigenvalue weighted by Gasteiger charge is -2.23. The van der Waals surface area contributed by atoms with Crippen LogP contribution in [0.4, 0.5) is 0 Å². The second-order valence-electron chi connectivity index (χ2n) is 5.96. The SMILES string of the molecule is Cc1cc(C)cc(CC2CCc3ccccc3C2=O)c1. The Morgan fingerprint density at radius 1 is 1.05 bits per heavy atom. The molecular weight excluding hydrogens is 244 g/mol. The van der Waals surface area contributed by atoms with Crippen molar-refractivity contribution in [1.29, 1.82) is 0 Å². The summed E-state index contributed by atoms with van der Waals surface area (Å²) in [6, 6.07) is 14.7. The van der Waals surface area contributed by atoms with Crippen LogP contribution in [0.1, 0.15) is 39.0 Å². The molecule has 0 amide bonds. The molecule has 3 rings (SSSR count). The molecule has 0 radical (unpaired) electrons. The number of rotatable bonds is 2. The Kier molecular flexibility index (Phi) is 3.43. The van der Waals surface area contributed by atoms with Gasteiger partial charge in [-0.25, -0.2) is 0 Å². The van der Waals surface area contributed by atoms with E-state index < -0.39 is 0 Å². The highest BCUT2D eigenvalue weighted by Crippen LogP contribution is 2.28. The van der Waals surface area contributed by atoms with Crippen molar-refractivity contribution in [2.45, 2.75) is 33.1 Å². The number of ketones is 1. The molecule has 2 aromatic carbocycles. The van der Waals surface area contributed by atoms with Crippen LogP contribution in [0.2, 0.25) is 0 Å². The van der Waals surface area contributed by atoms with Gasteiger partial charge in [-0.15, -0.1) is 0 Å². The number of hydrogen-bond acceptors (Lipinski definition) is 1. The predicted molar refractivity (Wildman–Crippen MR) is 82.2 cm³/mol. The van der Waals surface area contributed by atoms with Crippen molar-refractivity contribution in [3.63, 3.8) is 0 Å². The van der Waals surface area contributed by atoms with Crippen LogP contribution < -0.4 is 0 Å². The molecule has 1 unspecified atom stereocenters. The first-order valence-corrected chi connectivity index (χ1v) is 7.33. The zero-order valence-corrected chi connectivity index (χ0v) is 12.1. The van der Waals surface area contributed by atoms with Crippen LogP contribution in [-0.2, 0) is 12.8 Å². The quantitative estimate of drug-likeness (QED) is 0.790. The highest BCUT2D eigenvalue weighted by molar-refractivity contribution is 6.00. The van der Waals surface area contributed by atoms with Crippen molar-refractivity contribution in [2.24, 2.45) is 5.92 Å². The van der Waals surface area contributed by atoms with Gasteiger partial charge in [-0.1, -0.05) is 53.6 Å². The van der Waals surface area contributed by atoms with Gasteiger partial charge in [0.15, 0.2) is 5.78 Å². The topological polar surface area (TPSA) is 17.1 Å². The van der Waals surface area contributed by atoms with E-state index in [2.05, 4.69) is 38.1 Å². The molecule has 1 atom stereocenters. The van der Waals surface area contributed by atoms with Gasteiger partial charge >= 0.3 is 0 Å². The van der Waals surface area contributed by atoms with Gasteiger partial charge in [0.25, 0.3) is 0 Å². The molecule has 102 valence electrons. The Balaban J connectivity index is 1.84. The molecule has 0 N–H and O–H groups in total. The van der Waals surface area contributed by atoms with Gasteiger partial charge in [-0.2, -0.15) is 0 Å². The molecule has 0 bridgehead atoms. The van der Waals surface area contributed by atoms with E-state index in [1.165, 1.54) is 22.3 Å². The fourth-order valence-corrected chi connectivity index (χ4v) is 3.33. The van der Waals surface area contributed by atoms with Gasteiger partial charge in [0, 0.05) is 11.5 Å². The molecule has 0 aromatic heterocycles. The van der Waals surface area contributed by atoms with Crippen LogP contribution in [0, 0.1) is 19.8 Å². The third-order valence-electron chi connectivity index (χ3n) is 4.18. The molecule has 0 spiro atoms. The van der Waals surface area contributed by atoms with E-state index in [1.807, 2.05) is 18.2 Å². The van der Waals surface area contributed by atoms with Crippen LogP contribution in [0.5, 0.6) is 0 Å². The predicted octanol–water partition coefficient (Wildman–Crippen LogP) is 4.29. The van der Waals surface area contributed by atoms with Crippen molar-refractivity contribution >= 4 is 5.78 Å². The van der Waals surface area contributed by atoms with E-state index >= 15 is 0 Å². The Hall–Kier alpha value is -1.89. The normalized spacial score (nSPS) is 17.9. The number of hydrogen-bond donors (Lipinski definition) is 0. The number of aryl methyl sites for hydroxylation is 3. The first-order chi connectivity index (χ1) is 9.63. The fraction of sp³-hybridized carbons (Fsp3) is 0.316. The largest absolute Gasteiger partial charge is 0.294 e. The highest BCUT2D eigenvalue weighted by atomic mass is 16.1. The Morgan fingerprint density at radius 2 is 1.75 bits per heavy atom. The number of carbonyl (C=O) groups excluding carboxylic acids is 1. The molecule has 0 fully saturated rings. The van der Waals surface area contributed by atoms with Gasteiger partial charge in [0.05, 0.1) is 0 Å². The summed E-state index contributed by atoms with van der Waals surface area (Å²) >= 11 is 0. The minimum Gasteiger partial charge on any atom is -0.294 e. The second kappa shape index (κ2) is 5.24. The maximum absolute atomic E-state index is 12.6. The summed E-state index contributed by atoms with van der Waals surface area (Å²) in [4.78, 5) is 12.6. The first kappa shape index (κ1) is 13.1. The molecule has 1 aliphatic rings. The van der Waals surface area contributed by atoms with Gasteiger partial charge in [0.2, 0.25) is 0 Å². The molecule has 1 nitrogen and oxygen atoms in total. The van der Waals surface area contributed by atoms with E-state index in [1.54, 1.807) is 0 Å². The molecule has 20 heavy (non-hydrogen) atoms. The van der Waals surface area contributed by atoms with Gasteiger partial charge in [-0.05, 0) is 44.2 Å². The van der Waals surface area contributed by atoms with Crippen molar-refractivity contribution in [3.8, 4) is 0 Å². The second-order valence-corrected chi connectivity index (χ2v) is 5.96. The molecule has 1 heteroatoms. The number of carbonyl (C=O) groups is 1. The van der Waals surface area contributed by atoms with Crippen molar-refractivity contribution in [2.75, 3.05) is 0 Å². The van der Waals surface area contributed by atoms with Crippen molar-refractivity contribution < 1.29 is 4.79 Å². The van der Waals surface area contributed by atoms with E-state index in [4.69, 9.17) is 0 Å². The molecular formula is C19H20O. The molecule has 0 saturated carbocycles. The van der Waals surface area contributed by atoms with Crippen LogP contribution in [0.15, 0.2) is 42.5 Å². The lowest BCUT2D eigenvalue weighted by Crippen LogP contribution is -2.24. The number of Topliss-reactive ketones (excluding diaryl/α,β-unsaturated/α-hetero) is 1. The fourth-order valence-electron chi connectivity index (χ4n) is 3.33. The summed E-state index contributed by atoms with van der Waals surface area (Å²) in [5.74, 6) is 0.470. The summed E-state index contributed by atoms with van der Waals surface area (Å²) in [7, 11) is 0. The first-order valence-electron chi connectivity index (χ1n) is 7.33. The zero-order chi connectivity index (χ0) is 14.1. The summed E-state index contributed by atoms with van der Waals surface area (Å²) in [6.07, 6.45) is 2.87. The van der Waals surface area contributed by atoms with Gasteiger partial charge in [0.1, 0.15) is 0 Å². The van der Waals surface area contributed by atoms with Gasteiger partial charge < -0.3 is 0 Å². The zero-order valence-electron chi connectivity index (χ0n) is 12.1.